The van der Waals surface area contributed by atoms with E-state index in [2.05, 4.69) is 0 Å². The number of aliphatic hydroxyl groups excluding tert-OH is 1. The van der Waals surface area contributed by atoms with Crippen LogP contribution in [0.2, 0.25) is 0 Å². The molecule has 0 spiro atoms. The highest BCUT2D eigenvalue weighted by Gasteiger charge is 2.31. The number of carbonyl (C=O) groups is 1. The van der Waals surface area contributed by atoms with Crippen LogP contribution in [-0.4, -0.2) is 48.6 Å². The Morgan fingerprint density at radius 1 is 1.30 bits per heavy atom. The van der Waals surface area contributed by atoms with Crippen molar-refractivity contribution in [2.75, 3.05) is 13.6 Å². The summed E-state index contributed by atoms with van der Waals surface area (Å²) in [4.78, 5) is 10.8. The zero-order valence-electron chi connectivity index (χ0n) is 11.1. The third-order valence-electron chi connectivity index (χ3n) is 3.54. The van der Waals surface area contributed by atoms with Crippen LogP contribution in [0.15, 0.2) is 29.2 Å². The van der Waals surface area contributed by atoms with Gasteiger partial charge in [-0.25, -0.2) is 17.5 Å². The van der Waals surface area contributed by atoms with Gasteiger partial charge in [0.25, 0.3) is 0 Å². The number of aliphatic hydroxyl groups is 1. The van der Waals surface area contributed by atoms with E-state index >= 15 is 0 Å². The smallest absolute Gasteiger partial charge is 0.335 e. The third-order valence-corrected chi connectivity index (χ3v) is 5.37. The maximum Gasteiger partial charge on any atom is 0.335 e. The van der Waals surface area contributed by atoms with Crippen LogP contribution in [0.3, 0.4) is 0 Å². The van der Waals surface area contributed by atoms with E-state index in [0.29, 0.717) is 19.4 Å². The van der Waals surface area contributed by atoms with E-state index in [9.17, 15) is 18.3 Å². The number of benzene rings is 1. The molecule has 110 valence electrons. The summed E-state index contributed by atoms with van der Waals surface area (Å²) >= 11 is 0. The van der Waals surface area contributed by atoms with Gasteiger partial charge in [-0.3, -0.25) is 0 Å². The number of carboxylic acid groups (broad SMARTS) is 1. The van der Waals surface area contributed by atoms with E-state index in [-0.39, 0.29) is 22.5 Å². The summed E-state index contributed by atoms with van der Waals surface area (Å²) in [5.74, 6) is -0.908. The van der Waals surface area contributed by atoms with Crippen LogP contribution in [0.1, 0.15) is 23.2 Å². The molecule has 1 aliphatic rings. The van der Waals surface area contributed by atoms with E-state index in [1.54, 1.807) is 0 Å². The number of hydrogen-bond acceptors (Lipinski definition) is 4. The fourth-order valence-corrected chi connectivity index (χ4v) is 3.51. The van der Waals surface area contributed by atoms with Gasteiger partial charge in [-0.2, -0.15) is 0 Å². The molecule has 1 aromatic carbocycles. The minimum absolute atomic E-state index is 0.0497. The van der Waals surface area contributed by atoms with Crippen LogP contribution < -0.4 is 0 Å². The topological polar surface area (TPSA) is 94.9 Å². The lowest BCUT2D eigenvalue weighted by Gasteiger charge is -2.34. The van der Waals surface area contributed by atoms with Crippen molar-refractivity contribution >= 4 is 16.0 Å². The van der Waals surface area contributed by atoms with Crippen LogP contribution >= 0.6 is 0 Å². The SMILES string of the molecule is CN(CC1CC(O)C1)S(=O)(=O)c1ccc(C(=O)O)cc1. The summed E-state index contributed by atoms with van der Waals surface area (Å²) in [6.07, 6.45) is 0.932. The first-order chi connectivity index (χ1) is 9.30. The van der Waals surface area contributed by atoms with E-state index < -0.39 is 16.0 Å². The van der Waals surface area contributed by atoms with Crippen LogP contribution in [0.25, 0.3) is 0 Å². The minimum atomic E-state index is -3.61. The number of sulfonamides is 1. The normalized spacial score (nSPS) is 22.6. The molecule has 0 bridgehead atoms. The van der Waals surface area contributed by atoms with E-state index in [1.807, 2.05) is 0 Å². The van der Waals surface area contributed by atoms with Gasteiger partial charge in [0.1, 0.15) is 0 Å². The third kappa shape index (κ3) is 3.00. The second-order valence-electron chi connectivity index (χ2n) is 5.11. The number of aromatic carboxylic acids is 1. The fourth-order valence-electron chi connectivity index (χ4n) is 2.26. The van der Waals surface area contributed by atoms with Crippen molar-refractivity contribution in [2.24, 2.45) is 5.92 Å². The maximum atomic E-state index is 12.3. The average Bonchev–Trinajstić information content (AvgIpc) is 2.36. The average molecular weight is 299 g/mol. The molecule has 0 saturated heterocycles. The van der Waals surface area contributed by atoms with Crippen molar-refractivity contribution in [3.8, 4) is 0 Å². The van der Waals surface area contributed by atoms with Crippen LogP contribution in [0.4, 0.5) is 0 Å². The van der Waals surface area contributed by atoms with E-state index in [4.69, 9.17) is 5.11 Å². The van der Waals surface area contributed by atoms with Crippen LogP contribution in [0, 0.1) is 5.92 Å². The van der Waals surface area contributed by atoms with Gasteiger partial charge in [0.15, 0.2) is 0 Å². The molecule has 1 fully saturated rings. The second-order valence-corrected chi connectivity index (χ2v) is 7.15. The quantitative estimate of drug-likeness (QED) is 0.837. The number of rotatable bonds is 5. The molecule has 1 aromatic rings. The Morgan fingerprint density at radius 3 is 2.30 bits per heavy atom. The predicted molar refractivity (Wildman–Crippen MR) is 71.9 cm³/mol. The minimum Gasteiger partial charge on any atom is -0.478 e. The predicted octanol–water partition coefficient (Wildman–Crippen LogP) is 0.776. The standard InChI is InChI=1S/C13H17NO5S/c1-14(8-9-6-11(15)7-9)20(18,19)12-4-2-10(3-5-12)13(16)17/h2-5,9,11,15H,6-8H2,1H3,(H,16,17). The first-order valence-corrected chi connectivity index (χ1v) is 7.72. The second kappa shape index (κ2) is 5.51. The lowest BCUT2D eigenvalue weighted by atomic mass is 9.82. The number of carboxylic acids is 1. The summed E-state index contributed by atoms with van der Waals surface area (Å²) in [6.45, 7) is 0.361. The van der Waals surface area contributed by atoms with Crippen molar-refractivity contribution in [3.63, 3.8) is 0 Å². The van der Waals surface area contributed by atoms with Crippen LogP contribution in [0.5, 0.6) is 0 Å². The van der Waals surface area contributed by atoms with Gasteiger partial charge < -0.3 is 10.2 Å². The lowest BCUT2D eigenvalue weighted by molar-refractivity contribution is 0.0367. The van der Waals surface area contributed by atoms with Crippen molar-refractivity contribution in [1.29, 1.82) is 0 Å². The summed E-state index contributed by atoms with van der Waals surface area (Å²) in [5, 5.41) is 18.0. The summed E-state index contributed by atoms with van der Waals surface area (Å²) < 4.78 is 25.8. The Labute approximate surface area is 117 Å². The highest BCUT2D eigenvalue weighted by atomic mass is 32.2. The molecule has 1 saturated carbocycles. The number of hydrogen-bond donors (Lipinski definition) is 2. The Kier molecular flexibility index (Phi) is 4.12. The fraction of sp³-hybridized carbons (Fsp3) is 0.462. The number of nitrogens with zero attached hydrogens (tertiary/aromatic N) is 1. The molecule has 0 amide bonds. The molecule has 6 nitrogen and oxygen atoms in total. The molecule has 0 aromatic heterocycles. The zero-order chi connectivity index (χ0) is 14.9. The van der Waals surface area contributed by atoms with Crippen molar-refractivity contribution in [3.05, 3.63) is 29.8 Å². The van der Waals surface area contributed by atoms with E-state index in [0.717, 1.165) is 0 Å². The Balaban J connectivity index is 2.10. The molecule has 7 heteroatoms. The van der Waals surface area contributed by atoms with Gasteiger partial charge in [-0.15, -0.1) is 0 Å². The summed E-state index contributed by atoms with van der Waals surface area (Å²) in [7, 11) is -2.12. The van der Waals surface area contributed by atoms with Gasteiger partial charge in [0.05, 0.1) is 16.6 Å². The summed E-state index contributed by atoms with van der Waals surface area (Å²) in [5.41, 5.74) is 0.0497. The molecule has 0 aliphatic heterocycles. The first kappa shape index (κ1) is 15.0. The Hall–Kier alpha value is -1.44. The molecular weight excluding hydrogens is 282 g/mol. The monoisotopic (exact) mass is 299 g/mol. The molecule has 0 heterocycles. The highest BCUT2D eigenvalue weighted by Crippen LogP contribution is 2.29. The van der Waals surface area contributed by atoms with Gasteiger partial charge in [-0.1, -0.05) is 0 Å². The molecular formula is C13H17NO5S. The largest absolute Gasteiger partial charge is 0.478 e. The van der Waals surface area contributed by atoms with Gasteiger partial charge in [0.2, 0.25) is 10.0 Å². The lowest BCUT2D eigenvalue weighted by Crippen LogP contribution is -2.39. The molecule has 0 radical (unpaired) electrons. The molecule has 20 heavy (non-hydrogen) atoms. The Morgan fingerprint density at radius 2 is 1.85 bits per heavy atom. The highest BCUT2D eigenvalue weighted by molar-refractivity contribution is 7.89. The first-order valence-electron chi connectivity index (χ1n) is 6.28. The molecule has 0 atom stereocenters. The molecule has 0 unspecified atom stereocenters. The van der Waals surface area contributed by atoms with Crippen molar-refractivity contribution in [1.82, 2.24) is 4.31 Å². The molecule has 1 aliphatic carbocycles. The zero-order valence-corrected chi connectivity index (χ0v) is 11.9. The molecule has 2 N–H and O–H groups in total. The van der Waals surface area contributed by atoms with Gasteiger partial charge >= 0.3 is 5.97 Å². The Bertz CT molecular complexity index is 590. The van der Waals surface area contributed by atoms with E-state index in [1.165, 1.54) is 35.6 Å². The van der Waals surface area contributed by atoms with Gasteiger partial charge in [-0.05, 0) is 43.0 Å². The summed E-state index contributed by atoms with van der Waals surface area (Å²) in [6, 6.07) is 5.14. The molecule has 2 rings (SSSR count). The van der Waals surface area contributed by atoms with Gasteiger partial charge in [0, 0.05) is 13.6 Å². The van der Waals surface area contributed by atoms with Crippen molar-refractivity contribution < 1.29 is 23.4 Å². The van der Waals surface area contributed by atoms with Crippen molar-refractivity contribution in [2.45, 2.75) is 23.8 Å². The maximum absolute atomic E-state index is 12.3. The van der Waals surface area contributed by atoms with Crippen LogP contribution in [-0.2, 0) is 10.0 Å².